The average molecular weight is 262 g/mol. The fourth-order valence-corrected chi connectivity index (χ4v) is 2.89. The molecule has 0 radical (unpaired) electrons. The van der Waals surface area contributed by atoms with E-state index >= 15 is 0 Å². The molecule has 1 aromatic heterocycles. The molecule has 104 valence electrons. The van der Waals surface area contributed by atoms with Gasteiger partial charge in [0.15, 0.2) is 0 Å². The Kier molecular flexibility index (Phi) is 4.50. The third-order valence-electron chi connectivity index (χ3n) is 3.88. The van der Waals surface area contributed by atoms with Crippen molar-refractivity contribution in [1.82, 2.24) is 9.88 Å². The molecule has 0 bridgehead atoms. The lowest BCUT2D eigenvalue weighted by Gasteiger charge is -2.35. The number of carbonyl (C=O) groups excluding carboxylic acids is 1. The summed E-state index contributed by atoms with van der Waals surface area (Å²) in [6.07, 6.45) is 6.23. The number of hydrogen-bond acceptors (Lipinski definition) is 4. The summed E-state index contributed by atoms with van der Waals surface area (Å²) in [5.41, 5.74) is 12.8. The van der Waals surface area contributed by atoms with Crippen molar-refractivity contribution in [3.63, 3.8) is 0 Å². The number of likely N-dealkylation sites (tertiary alicyclic amines) is 1. The summed E-state index contributed by atoms with van der Waals surface area (Å²) in [4.78, 5) is 17.9. The lowest BCUT2D eigenvalue weighted by atomic mass is 9.97. The summed E-state index contributed by atoms with van der Waals surface area (Å²) in [5.74, 6) is -0.255. The average Bonchev–Trinajstić information content (AvgIpc) is 2.89. The van der Waals surface area contributed by atoms with Crippen molar-refractivity contribution in [3.05, 3.63) is 30.1 Å². The predicted molar refractivity (Wildman–Crippen MR) is 74.2 cm³/mol. The van der Waals surface area contributed by atoms with E-state index in [2.05, 4.69) is 16.8 Å². The Balaban J connectivity index is 2.30. The quantitative estimate of drug-likeness (QED) is 0.822. The summed E-state index contributed by atoms with van der Waals surface area (Å²) < 4.78 is 0. The first-order chi connectivity index (χ1) is 9.15. The Morgan fingerprint density at radius 1 is 1.63 bits per heavy atom. The number of pyridine rings is 1. The Morgan fingerprint density at radius 2 is 2.42 bits per heavy atom. The minimum atomic E-state index is -0.255. The molecular weight excluding hydrogens is 240 g/mol. The second-order valence-corrected chi connectivity index (χ2v) is 5.10. The molecule has 1 aromatic rings. The smallest absolute Gasteiger partial charge is 0.234 e. The number of carbonyl (C=O) groups is 1. The van der Waals surface area contributed by atoms with Crippen molar-refractivity contribution in [3.8, 4) is 0 Å². The van der Waals surface area contributed by atoms with E-state index in [1.165, 1.54) is 0 Å². The van der Waals surface area contributed by atoms with Crippen LogP contribution in [-0.2, 0) is 4.79 Å². The van der Waals surface area contributed by atoms with E-state index in [0.717, 1.165) is 31.4 Å². The highest BCUT2D eigenvalue weighted by Crippen LogP contribution is 2.31. The third-order valence-corrected chi connectivity index (χ3v) is 3.88. The second-order valence-electron chi connectivity index (χ2n) is 5.10. The minimum Gasteiger partial charge on any atom is -0.368 e. The molecule has 1 amide bonds. The summed E-state index contributed by atoms with van der Waals surface area (Å²) in [7, 11) is 0. The lowest BCUT2D eigenvalue weighted by Crippen LogP contribution is -2.47. The standard InChI is InChI=1S/C14H22N4O/c1-2-11(15)13(10-5-3-7-17-9-10)18-8-4-6-12(18)14(16)19/h3,5,7,9,11-13H,2,4,6,8,15H2,1H3,(H2,16,19). The van der Waals surface area contributed by atoms with E-state index in [-0.39, 0.29) is 24.0 Å². The maximum Gasteiger partial charge on any atom is 0.234 e. The first-order valence-corrected chi connectivity index (χ1v) is 6.85. The number of amides is 1. The van der Waals surface area contributed by atoms with E-state index in [9.17, 15) is 4.79 Å². The van der Waals surface area contributed by atoms with Crippen LogP contribution in [0, 0.1) is 0 Å². The molecule has 0 spiro atoms. The number of nitrogens with two attached hydrogens (primary N) is 2. The normalized spacial score (nSPS) is 23.2. The van der Waals surface area contributed by atoms with Gasteiger partial charge in [0.2, 0.25) is 5.91 Å². The van der Waals surface area contributed by atoms with Crippen molar-refractivity contribution < 1.29 is 4.79 Å². The zero-order valence-corrected chi connectivity index (χ0v) is 11.3. The van der Waals surface area contributed by atoms with Gasteiger partial charge in [0.25, 0.3) is 0 Å². The molecule has 1 fully saturated rings. The van der Waals surface area contributed by atoms with Gasteiger partial charge in [-0.25, -0.2) is 0 Å². The molecule has 1 aliphatic heterocycles. The van der Waals surface area contributed by atoms with Crippen LogP contribution in [0.2, 0.25) is 0 Å². The van der Waals surface area contributed by atoms with Crippen LogP contribution >= 0.6 is 0 Å². The van der Waals surface area contributed by atoms with Crippen molar-refractivity contribution in [1.29, 1.82) is 0 Å². The van der Waals surface area contributed by atoms with E-state index < -0.39 is 0 Å². The summed E-state index contributed by atoms with van der Waals surface area (Å²) in [6.45, 7) is 2.92. The molecule has 1 aliphatic rings. The molecule has 4 N–H and O–H groups in total. The first kappa shape index (κ1) is 14.0. The molecule has 0 saturated carbocycles. The highest BCUT2D eigenvalue weighted by Gasteiger charge is 2.37. The van der Waals surface area contributed by atoms with Gasteiger partial charge in [-0.1, -0.05) is 13.0 Å². The van der Waals surface area contributed by atoms with Crippen LogP contribution in [0.5, 0.6) is 0 Å². The number of rotatable bonds is 5. The van der Waals surface area contributed by atoms with Gasteiger partial charge in [0, 0.05) is 18.4 Å². The van der Waals surface area contributed by atoms with Crippen LogP contribution in [-0.4, -0.2) is 34.4 Å². The van der Waals surface area contributed by atoms with Gasteiger partial charge < -0.3 is 11.5 Å². The van der Waals surface area contributed by atoms with Gasteiger partial charge in [0.05, 0.1) is 12.1 Å². The molecule has 2 heterocycles. The van der Waals surface area contributed by atoms with Crippen molar-refractivity contribution >= 4 is 5.91 Å². The van der Waals surface area contributed by atoms with Crippen LogP contribution in [0.3, 0.4) is 0 Å². The molecule has 3 unspecified atom stereocenters. The molecule has 1 saturated heterocycles. The second kappa shape index (κ2) is 6.12. The van der Waals surface area contributed by atoms with E-state index in [0.29, 0.717) is 0 Å². The van der Waals surface area contributed by atoms with Gasteiger partial charge in [-0.3, -0.25) is 14.7 Å². The summed E-state index contributed by atoms with van der Waals surface area (Å²) in [6, 6.07) is 3.70. The Bertz CT molecular complexity index is 423. The van der Waals surface area contributed by atoms with Crippen LogP contribution in [0.1, 0.15) is 37.8 Å². The predicted octanol–water partition coefficient (Wildman–Crippen LogP) is 0.810. The van der Waals surface area contributed by atoms with Gasteiger partial charge in [-0.15, -0.1) is 0 Å². The molecule has 2 rings (SSSR count). The number of aromatic nitrogens is 1. The first-order valence-electron chi connectivity index (χ1n) is 6.85. The van der Waals surface area contributed by atoms with Crippen LogP contribution in [0.25, 0.3) is 0 Å². The maximum absolute atomic E-state index is 11.6. The Labute approximate surface area is 114 Å². The zero-order valence-electron chi connectivity index (χ0n) is 11.3. The Morgan fingerprint density at radius 3 is 3.00 bits per heavy atom. The maximum atomic E-state index is 11.6. The number of primary amides is 1. The molecule has 0 aromatic carbocycles. The fraction of sp³-hybridized carbons (Fsp3) is 0.571. The van der Waals surface area contributed by atoms with Crippen LogP contribution in [0.4, 0.5) is 0 Å². The van der Waals surface area contributed by atoms with Gasteiger partial charge in [-0.2, -0.15) is 0 Å². The van der Waals surface area contributed by atoms with Gasteiger partial charge >= 0.3 is 0 Å². The molecule has 19 heavy (non-hydrogen) atoms. The van der Waals surface area contributed by atoms with Gasteiger partial charge in [-0.05, 0) is 37.4 Å². The zero-order chi connectivity index (χ0) is 13.8. The molecule has 5 heteroatoms. The Hall–Kier alpha value is -1.46. The molecule has 0 aliphatic carbocycles. The number of hydrogen-bond donors (Lipinski definition) is 2. The van der Waals surface area contributed by atoms with Crippen molar-refractivity contribution in [2.24, 2.45) is 11.5 Å². The molecule has 5 nitrogen and oxygen atoms in total. The fourth-order valence-electron chi connectivity index (χ4n) is 2.89. The van der Waals surface area contributed by atoms with E-state index in [1.807, 2.05) is 18.3 Å². The highest BCUT2D eigenvalue weighted by molar-refractivity contribution is 5.80. The van der Waals surface area contributed by atoms with Crippen molar-refractivity contribution in [2.45, 2.75) is 44.3 Å². The molecule has 3 atom stereocenters. The minimum absolute atomic E-state index is 0.0127. The monoisotopic (exact) mass is 262 g/mol. The van der Waals surface area contributed by atoms with E-state index in [1.54, 1.807) is 6.20 Å². The van der Waals surface area contributed by atoms with Crippen LogP contribution in [0.15, 0.2) is 24.5 Å². The number of nitrogens with zero attached hydrogens (tertiary/aromatic N) is 2. The largest absolute Gasteiger partial charge is 0.368 e. The van der Waals surface area contributed by atoms with Crippen molar-refractivity contribution in [2.75, 3.05) is 6.54 Å². The highest BCUT2D eigenvalue weighted by atomic mass is 16.1. The summed E-state index contributed by atoms with van der Waals surface area (Å²) in [5, 5.41) is 0. The van der Waals surface area contributed by atoms with Gasteiger partial charge in [0.1, 0.15) is 0 Å². The SMILES string of the molecule is CCC(N)C(c1cccnc1)N1CCCC1C(N)=O. The lowest BCUT2D eigenvalue weighted by molar-refractivity contribution is -0.123. The van der Waals surface area contributed by atoms with Crippen LogP contribution < -0.4 is 11.5 Å². The third kappa shape index (κ3) is 2.93. The molecular formula is C14H22N4O. The topological polar surface area (TPSA) is 85.2 Å². The van der Waals surface area contributed by atoms with E-state index in [4.69, 9.17) is 11.5 Å². The summed E-state index contributed by atoms with van der Waals surface area (Å²) >= 11 is 0.